The zero-order valence-electron chi connectivity index (χ0n) is 10.9. The second kappa shape index (κ2) is 6.45. The molecule has 0 saturated carbocycles. The number of nitriles is 1. The third-order valence-corrected chi connectivity index (χ3v) is 4.24. The molecule has 6 heteroatoms. The number of sulfonamides is 1. The Bertz CT molecular complexity index is 585. The molecule has 19 heavy (non-hydrogen) atoms. The number of rotatable bonds is 6. The molecule has 0 amide bonds. The van der Waals surface area contributed by atoms with Gasteiger partial charge in [0.1, 0.15) is 5.78 Å². The van der Waals surface area contributed by atoms with Crippen LogP contribution in [-0.4, -0.2) is 20.2 Å². The summed E-state index contributed by atoms with van der Waals surface area (Å²) in [5.74, 6) is -0.162. The van der Waals surface area contributed by atoms with Gasteiger partial charge in [-0.1, -0.05) is 19.1 Å². The summed E-state index contributed by atoms with van der Waals surface area (Å²) in [6, 6.07) is 7.28. The van der Waals surface area contributed by atoms with Crippen molar-refractivity contribution in [2.75, 3.05) is 0 Å². The number of hydrogen-bond donors (Lipinski definition) is 1. The van der Waals surface area contributed by atoms with Gasteiger partial charge in [-0.3, -0.25) is 4.79 Å². The van der Waals surface area contributed by atoms with Gasteiger partial charge in [-0.15, -0.1) is 0 Å². The van der Waals surface area contributed by atoms with Crippen molar-refractivity contribution in [2.24, 2.45) is 0 Å². The number of benzene rings is 1. The van der Waals surface area contributed by atoms with E-state index in [1.54, 1.807) is 19.1 Å². The second-order valence-electron chi connectivity index (χ2n) is 4.14. The van der Waals surface area contributed by atoms with Crippen molar-refractivity contribution < 1.29 is 13.2 Å². The number of nitrogens with zero attached hydrogens (tertiary/aromatic N) is 1. The van der Waals surface area contributed by atoms with Crippen molar-refractivity contribution in [1.29, 1.82) is 5.26 Å². The molecule has 102 valence electrons. The van der Waals surface area contributed by atoms with Crippen molar-refractivity contribution >= 4 is 15.8 Å². The smallest absolute Gasteiger partial charge is 0.241 e. The first-order valence-electron chi connectivity index (χ1n) is 5.91. The van der Waals surface area contributed by atoms with Crippen LogP contribution in [-0.2, 0) is 21.2 Å². The SMILES string of the molecule is CCC(=O)C(C)NS(=O)(=O)c1ccc(CC#N)cc1. The monoisotopic (exact) mass is 280 g/mol. The number of ketones is 1. The number of nitrogens with one attached hydrogen (secondary N) is 1. The summed E-state index contributed by atoms with van der Waals surface area (Å²) in [6.45, 7) is 3.21. The fourth-order valence-electron chi connectivity index (χ4n) is 1.55. The molecule has 1 N–H and O–H groups in total. The Kier molecular flexibility index (Phi) is 5.21. The molecule has 0 radical (unpaired) electrons. The Hall–Kier alpha value is -1.71. The summed E-state index contributed by atoms with van der Waals surface area (Å²) in [6.07, 6.45) is 0.517. The third kappa shape index (κ3) is 4.16. The molecular weight excluding hydrogens is 264 g/mol. The summed E-state index contributed by atoms with van der Waals surface area (Å²) in [5, 5.41) is 8.54. The number of Topliss-reactive ketones (excluding diaryl/α,β-unsaturated/α-hetero) is 1. The molecule has 1 atom stereocenters. The minimum absolute atomic E-state index is 0.0879. The van der Waals surface area contributed by atoms with Crippen molar-refractivity contribution in [1.82, 2.24) is 4.72 Å². The maximum Gasteiger partial charge on any atom is 0.241 e. The molecule has 0 aliphatic rings. The predicted octanol–water partition coefficient (Wildman–Crippen LogP) is 1.40. The zero-order valence-corrected chi connectivity index (χ0v) is 11.7. The normalized spacial score (nSPS) is 12.7. The van der Waals surface area contributed by atoms with Gasteiger partial charge in [-0.05, 0) is 24.6 Å². The lowest BCUT2D eigenvalue weighted by Crippen LogP contribution is -2.38. The van der Waals surface area contributed by atoms with Crippen LogP contribution in [0, 0.1) is 11.3 Å². The summed E-state index contributed by atoms with van der Waals surface area (Å²) in [5.41, 5.74) is 0.749. The molecule has 1 rings (SSSR count). The zero-order chi connectivity index (χ0) is 14.5. The lowest BCUT2D eigenvalue weighted by Gasteiger charge is -2.12. The largest absolute Gasteiger partial charge is 0.298 e. The first-order chi connectivity index (χ1) is 8.90. The molecule has 0 aromatic heterocycles. The molecule has 0 saturated heterocycles. The third-order valence-electron chi connectivity index (χ3n) is 2.68. The Balaban J connectivity index is 2.89. The fourth-order valence-corrected chi connectivity index (χ4v) is 2.78. The van der Waals surface area contributed by atoms with Gasteiger partial charge in [0.2, 0.25) is 10.0 Å². The molecule has 0 bridgehead atoms. The van der Waals surface area contributed by atoms with E-state index in [0.717, 1.165) is 5.56 Å². The van der Waals surface area contributed by atoms with E-state index in [9.17, 15) is 13.2 Å². The molecule has 1 unspecified atom stereocenters. The van der Waals surface area contributed by atoms with E-state index >= 15 is 0 Å². The Morgan fingerprint density at radius 3 is 2.42 bits per heavy atom. The van der Waals surface area contributed by atoms with E-state index in [0.29, 0.717) is 0 Å². The maximum atomic E-state index is 12.0. The van der Waals surface area contributed by atoms with Crippen LogP contribution >= 0.6 is 0 Å². The van der Waals surface area contributed by atoms with E-state index in [1.807, 2.05) is 6.07 Å². The molecule has 0 spiro atoms. The fraction of sp³-hybridized carbons (Fsp3) is 0.385. The summed E-state index contributed by atoms with van der Waals surface area (Å²) >= 11 is 0. The maximum absolute atomic E-state index is 12.0. The molecule has 0 heterocycles. The van der Waals surface area contributed by atoms with Crippen molar-refractivity contribution in [3.63, 3.8) is 0 Å². The first-order valence-corrected chi connectivity index (χ1v) is 7.40. The highest BCUT2D eigenvalue weighted by molar-refractivity contribution is 7.89. The Labute approximate surface area is 113 Å². The summed E-state index contributed by atoms with van der Waals surface area (Å²) in [4.78, 5) is 11.5. The molecular formula is C13H16N2O3S. The Morgan fingerprint density at radius 1 is 1.37 bits per heavy atom. The number of hydrogen-bond acceptors (Lipinski definition) is 4. The average molecular weight is 280 g/mol. The molecule has 1 aromatic rings. The van der Waals surface area contributed by atoms with E-state index in [-0.39, 0.29) is 23.5 Å². The number of carbonyl (C=O) groups is 1. The highest BCUT2D eigenvalue weighted by Gasteiger charge is 2.20. The van der Waals surface area contributed by atoms with Crippen LogP contribution in [0.3, 0.4) is 0 Å². The minimum Gasteiger partial charge on any atom is -0.298 e. The van der Waals surface area contributed by atoms with Crippen molar-refractivity contribution in [2.45, 2.75) is 37.6 Å². The van der Waals surface area contributed by atoms with Crippen molar-refractivity contribution in [3.8, 4) is 6.07 Å². The first kappa shape index (κ1) is 15.3. The average Bonchev–Trinajstić information content (AvgIpc) is 2.38. The van der Waals surface area contributed by atoms with E-state index in [4.69, 9.17) is 5.26 Å². The topological polar surface area (TPSA) is 87.0 Å². The second-order valence-corrected chi connectivity index (χ2v) is 5.86. The van der Waals surface area contributed by atoms with Gasteiger partial charge in [0.15, 0.2) is 0 Å². The van der Waals surface area contributed by atoms with Gasteiger partial charge in [0.05, 0.1) is 23.4 Å². The highest BCUT2D eigenvalue weighted by atomic mass is 32.2. The van der Waals surface area contributed by atoms with Crippen LogP contribution in [0.2, 0.25) is 0 Å². The van der Waals surface area contributed by atoms with E-state index in [1.165, 1.54) is 19.1 Å². The molecule has 0 aliphatic carbocycles. The quantitative estimate of drug-likeness (QED) is 0.853. The molecule has 0 fully saturated rings. The van der Waals surface area contributed by atoms with Crippen LogP contribution < -0.4 is 4.72 Å². The Morgan fingerprint density at radius 2 is 1.95 bits per heavy atom. The van der Waals surface area contributed by atoms with Crippen molar-refractivity contribution in [3.05, 3.63) is 29.8 Å². The number of carbonyl (C=O) groups excluding carboxylic acids is 1. The molecule has 1 aromatic carbocycles. The standard InChI is InChI=1S/C13H16N2O3S/c1-3-13(16)10(2)15-19(17,18)12-6-4-11(5-7-12)8-9-14/h4-7,10,15H,3,8H2,1-2H3. The van der Waals surface area contributed by atoms with Gasteiger partial charge in [0.25, 0.3) is 0 Å². The van der Waals surface area contributed by atoms with Crippen LogP contribution in [0.1, 0.15) is 25.8 Å². The van der Waals surface area contributed by atoms with Crippen LogP contribution in [0.5, 0.6) is 0 Å². The molecule has 0 aliphatic heterocycles. The van der Waals surface area contributed by atoms with Gasteiger partial charge in [-0.2, -0.15) is 5.26 Å². The van der Waals surface area contributed by atoms with E-state index < -0.39 is 16.1 Å². The predicted molar refractivity (Wildman–Crippen MR) is 70.8 cm³/mol. The summed E-state index contributed by atoms with van der Waals surface area (Å²) < 4.78 is 26.3. The molecule has 5 nitrogen and oxygen atoms in total. The van der Waals surface area contributed by atoms with Gasteiger partial charge >= 0.3 is 0 Å². The lowest BCUT2D eigenvalue weighted by molar-refractivity contribution is -0.119. The minimum atomic E-state index is -3.70. The lowest BCUT2D eigenvalue weighted by atomic mass is 10.2. The van der Waals surface area contributed by atoms with Gasteiger partial charge in [0, 0.05) is 6.42 Å². The van der Waals surface area contributed by atoms with Gasteiger partial charge in [-0.25, -0.2) is 13.1 Å². The highest BCUT2D eigenvalue weighted by Crippen LogP contribution is 2.11. The van der Waals surface area contributed by atoms with Crippen LogP contribution in [0.15, 0.2) is 29.2 Å². The summed E-state index contributed by atoms with van der Waals surface area (Å²) in [7, 11) is -3.70. The van der Waals surface area contributed by atoms with Crippen LogP contribution in [0.25, 0.3) is 0 Å². The van der Waals surface area contributed by atoms with Gasteiger partial charge < -0.3 is 0 Å². The van der Waals surface area contributed by atoms with Crippen LogP contribution in [0.4, 0.5) is 0 Å². The van der Waals surface area contributed by atoms with E-state index in [2.05, 4.69) is 4.72 Å².